The molecule has 1 heterocycles. The largest absolute Gasteiger partial charge is 0.360 e. The van der Waals surface area contributed by atoms with Crippen LogP contribution in [0.3, 0.4) is 0 Å². The molecule has 0 radical (unpaired) electrons. The van der Waals surface area contributed by atoms with Crippen molar-refractivity contribution in [1.29, 1.82) is 0 Å². The molecule has 2 rings (SSSR count). The maximum atomic E-state index is 6.58. The number of rotatable bonds is 0. The molecule has 0 bridgehead atoms. The van der Waals surface area contributed by atoms with Gasteiger partial charge in [-0.05, 0) is 30.6 Å². The Morgan fingerprint density at radius 2 is 2.12 bits per heavy atom. The van der Waals surface area contributed by atoms with Gasteiger partial charge in [0, 0.05) is 26.6 Å². The molecule has 0 amide bonds. The molecule has 1 aliphatic heterocycles. The Hall–Kier alpha value is -0.505. The van der Waals surface area contributed by atoms with E-state index in [0.717, 1.165) is 6.42 Å². The van der Waals surface area contributed by atoms with Gasteiger partial charge in [0.15, 0.2) is 0 Å². The van der Waals surface area contributed by atoms with E-state index in [2.05, 4.69) is 24.8 Å². The second-order valence-electron chi connectivity index (χ2n) is 6.07. The van der Waals surface area contributed by atoms with Gasteiger partial charge in [0.05, 0.1) is 5.84 Å². The Morgan fingerprint density at radius 1 is 1.35 bits per heavy atom. The molecule has 0 aromatic rings. The van der Waals surface area contributed by atoms with Crippen LogP contribution in [0.5, 0.6) is 0 Å². The summed E-state index contributed by atoms with van der Waals surface area (Å²) in [5, 5.41) is 0. The molecular formula is C13H26BN3. The molecule has 17 heavy (non-hydrogen) atoms. The monoisotopic (exact) mass is 235 g/mol. The molecule has 2 fully saturated rings. The SMILES string of the molecule is BC1(N)CCCCCC2C1CC/C(=N\C)N2C. The maximum Gasteiger partial charge on any atom is 0.127 e. The van der Waals surface area contributed by atoms with Crippen LogP contribution >= 0.6 is 0 Å². The number of nitrogens with zero attached hydrogens (tertiary/aromatic N) is 2. The zero-order valence-electron chi connectivity index (χ0n) is 11.6. The standard InChI is InChI=1S/C13H26BN3/c1-16-12-8-7-10-11(17(12)2)6-4-3-5-9-13(10,14)15/h10-11H,3-9,14-15H2,1-2H3/b16-12+. The minimum atomic E-state index is 0.0125. The predicted octanol–water partition coefficient (Wildman–Crippen LogP) is 0.977. The van der Waals surface area contributed by atoms with E-state index < -0.39 is 0 Å². The number of amidine groups is 1. The molecule has 3 unspecified atom stereocenters. The quantitative estimate of drug-likeness (QED) is 0.636. The van der Waals surface area contributed by atoms with Crippen molar-refractivity contribution in [2.75, 3.05) is 14.1 Å². The fourth-order valence-corrected chi connectivity index (χ4v) is 3.77. The first-order chi connectivity index (χ1) is 8.06. The Balaban J connectivity index is 2.21. The van der Waals surface area contributed by atoms with Crippen LogP contribution in [-0.2, 0) is 0 Å². The van der Waals surface area contributed by atoms with E-state index in [-0.39, 0.29) is 5.44 Å². The van der Waals surface area contributed by atoms with Crippen LogP contribution in [0.1, 0.15) is 44.9 Å². The van der Waals surface area contributed by atoms with Crippen LogP contribution in [-0.4, -0.2) is 44.2 Å². The van der Waals surface area contributed by atoms with Crippen molar-refractivity contribution in [3.63, 3.8) is 0 Å². The lowest BCUT2D eigenvalue weighted by molar-refractivity contribution is 0.141. The third-order valence-corrected chi connectivity index (χ3v) is 4.87. The average Bonchev–Trinajstić information content (AvgIpc) is 2.28. The fourth-order valence-electron chi connectivity index (χ4n) is 3.77. The molecule has 4 heteroatoms. The Kier molecular flexibility index (Phi) is 3.81. The summed E-state index contributed by atoms with van der Waals surface area (Å²) >= 11 is 0. The van der Waals surface area contributed by atoms with Crippen molar-refractivity contribution in [1.82, 2.24) is 4.90 Å². The van der Waals surface area contributed by atoms with Crippen molar-refractivity contribution in [2.45, 2.75) is 56.4 Å². The summed E-state index contributed by atoms with van der Waals surface area (Å²) in [6, 6.07) is 0.609. The molecule has 3 atom stereocenters. The molecule has 1 saturated carbocycles. The molecule has 2 aliphatic rings. The maximum absolute atomic E-state index is 6.58. The lowest BCUT2D eigenvalue weighted by atomic mass is 9.59. The number of fused-ring (bicyclic) bond motifs is 1. The molecule has 0 aromatic heterocycles. The molecule has 0 aromatic carbocycles. The first-order valence-corrected chi connectivity index (χ1v) is 7.03. The molecular weight excluding hydrogens is 209 g/mol. The van der Waals surface area contributed by atoms with E-state index >= 15 is 0 Å². The van der Waals surface area contributed by atoms with Gasteiger partial charge in [0.25, 0.3) is 0 Å². The average molecular weight is 235 g/mol. The lowest BCUT2D eigenvalue weighted by Crippen LogP contribution is -2.60. The smallest absolute Gasteiger partial charge is 0.127 e. The highest BCUT2D eigenvalue weighted by Crippen LogP contribution is 2.37. The van der Waals surface area contributed by atoms with E-state index in [1.165, 1.54) is 44.4 Å². The van der Waals surface area contributed by atoms with E-state index in [1.54, 1.807) is 0 Å². The van der Waals surface area contributed by atoms with E-state index in [9.17, 15) is 0 Å². The summed E-state index contributed by atoms with van der Waals surface area (Å²) in [5.74, 6) is 1.90. The summed E-state index contributed by atoms with van der Waals surface area (Å²) in [6.45, 7) is 0. The first kappa shape index (κ1) is 12.9. The molecule has 96 valence electrons. The van der Waals surface area contributed by atoms with Gasteiger partial charge in [-0.25, -0.2) is 0 Å². The zero-order valence-corrected chi connectivity index (χ0v) is 11.6. The Labute approximate surface area is 106 Å². The molecule has 3 nitrogen and oxygen atoms in total. The van der Waals surface area contributed by atoms with Gasteiger partial charge in [-0.1, -0.05) is 19.3 Å². The van der Waals surface area contributed by atoms with Crippen LogP contribution < -0.4 is 5.73 Å². The fraction of sp³-hybridized carbons (Fsp3) is 0.923. The van der Waals surface area contributed by atoms with Crippen molar-refractivity contribution >= 4 is 13.7 Å². The topological polar surface area (TPSA) is 41.6 Å². The lowest BCUT2D eigenvalue weighted by Gasteiger charge is -2.49. The number of hydrogen-bond donors (Lipinski definition) is 1. The summed E-state index contributed by atoms with van der Waals surface area (Å²) in [4.78, 5) is 6.83. The number of aliphatic imine (C=N–C) groups is 1. The molecule has 1 aliphatic carbocycles. The van der Waals surface area contributed by atoms with Crippen LogP contribution in [0.25, 0.3) is 0 Å². The summed E-state index contributed by atoms with van der Waals surface area (Å²) in [6.07, 6.45) is 8.76. The van der Waals surface area contributed by atoms with Gasteiger partial charge < -0.3 is 10.6 Å². The number of piperidine rings is 1. The Morgan fingerprint density at radius 3 is 2.82 bits per heavy atom. The van der Waals surface area contributed by atoms with E-state index in [1.807, 2.05) is 7.05 Å². The number of likely N-dealkylation sites (tertiary alicyclic amines) is 1. The molecule has 1 saturated heterocycles. The van der Waals surface area contributed by atoms with Gasteiger partial charge >= 0.3 is 0 Å². The van der Waals surface area contributed by atoms with E-state index in [4.69, 9.17) is 5.73 Å². The summed E-state index contributed by atoms with van der Waals surface area (Å²) in [5.41, 5.74) is 6.60. The normalized spacial score (nSPS) is 41.8. The molecule has 0 spiro atoms. The highest BCUT2D eigenvalue weighted by Gasteiger charge is 2.41. The number of nitrogens with two attached hydrogens (primary N) is 1. The zero-order chi connectivity index (χ0) is 12.5. The summed E-state index contributed by atoms with van der Waals surface area (Å²) < 4.78 is 0. The molecule has 2 N–H and O–H groups in total. The highest BCUT2D eigenvalue weighted by molar-refractivity contribution is 6.15. The first-order valence-electron chi connectivity index (χ1n) is 7.03. The highest BCUT2D eigenvalue weighted by atomic mass is 15.2. The van der Waals surface area contributed by atoms with E-state index in [0.29, 0.717) is 12.0 Å². The predicted molar refractivity (Wildman–Crippen MR) is 76.2 cm³/mol. The second kappa shape index (κ2) is 5.01. The van der Waals surface area contributed by atoms with Crippen molar-refractivity contribution in [3.8, 4) is 0 Å². The van der Waals surface area contributed by atoms with Gasteiger partial charge in [0.2, 0.25) is 0 Å². The van der Waals surface area contributed by atoms with Gasteiger partial charge in [0.1, 0.15) is 7.85 Å². The van der Waals surface area contributed by atoms with Gasteiger partial charge in [-0.3, -0.25) is 4.99 Å². The third-order valence-electron chi connectivity index (χ3n) is 4.87. The Bertz CT molecular complexity index is 301. The van der Waals surface area contributed by atoms with Gasteiger partial charge in [-0.2, -0.15) is 0 Å². The minimum Gasteiger partial charge on any atom is -0.360 e. The van der Waals surface area contributed by atoms with Gasteiger partial charge in [-0.15, -0.1) is 0 Å². The number of hydrogen-bond acceptors (Lipinski definition) is 2. The van der Waals surface area contributed by atoms with Crippen LogP contribution in [0, 0.1) is 5.92 Å². The van der Waals surface area contributed by atoms with Crippen LogP contribution in [0.4, 0.5) is 0 Å². The second-order valence-corrected chi connectivity index (χ2v) is 6.07. The third kappa shape index (κ3) is 2.52. The van der Waals surface area contributed by atoms with Crippen molar-refractivity contribution < 1.29 is 0 Å². The van der Waals surface area contributed by atoms with Crippen LogP contribution in [0.2, 0.25) is 0 Å². The van der Waals surface area contributed by atoms with Crippen molar-refractivity contribution in [3.05, 3.63) is 0 Å². The minimum absolute atomic E-state index is 0.0125. The van der Waals surface area contributed by atoms with Crippen LogP contribution in [0.15, 0.2) is 4.99 Å². The summed E-state index contributed by atoms with van der Waals surface area (Å²) in [7, 11) is 6.38. The van der Waals surface area contributed by atoms with Crippen molar-refractivity contribution in [2.24, 2.45) is 16.6 Å².